The third-order valence-electron chi connectivity index (χ3n) is 2.52. The van der Waals surface area contributed by atoms with Crippen molar-refractivity contribution in [2.45, 2.75) is 20.0 Å². The Labute approximate surface area is 101 Å². The van der Waals surface area contributed by atoms with Crippen LogP contribution in [-0.2, 0) is 13.1 Å². The van der Waals surface area contributed by atoms with Gasteiger partial charge < -0.3 is 9.88 Å². The summed E-state index contributed by atoms with van der Waals surface area (Å²) >= 11 is 5.82. The van der Waals surface area contributed by atoms with Crippen molar-refractivity contribution in [3.8, 4) is 0 Å². The van der Waals surface area contributed by atoms with Crippen molar-refractivity contribution >= 4 is 17.3 Å². The second-order valence-corrected chi connectivity index (χ2v) is 4.15. The van der Waals surface area contributed by atoms with Crippen molar-refractivity contribution in [1.29, 1.82) is 0 Å². The van der Waals surface area contributed by atoms with Crippen molar-refractivity contribution in [3.63, 3.8) is 0 Å². The van der Waals surface area contributed by atoms with Gasteiger partial charge in [0.25, 0.3) is 0 Å². The van der Waals surface area contributed by atoms with Gasteiger partial charge in [-0.2, -0.15) is 0 Å². The van der Waals surface area contributed by atoms with Crippen molar-refractivity contribution in [1.82, 2.24) is 4.57 Å². The Balaban J connectivity index is 1.94. The highest BCUT2D eigenvalue weighted by atomic mass is 35.5. The number of nitrogens with zero attached hydrogens (tertiary/aromatic N) is 1. The molecule has 0 radical (unpaired) electrons. The van der Waals surface area contributed by atoms with Gasteiger partial charge in [0.05, 0.1) is 0 Å². The Morgan fingerprint density at radius 2 is 1.94 bits per heavy atom. The fourth-order valence-corrected chi connectivity index (χ4v) is 1.69. The predicted molar refractivity (Wildman–Crippen MR) is 68.9 cm³/mol. The van der Waals surface area contributed by atoms with Crippen LogP contribution in [0.5, 0.6) is 0 Å². The lowest BCUT2D eigenvalue weighted by Crippen LogP contribution is -1.98. The second kappa shape index (κ2) is 5.08. The van der Waals surface area contributed by atoms with Crippen LogP contribution in [0, 0.1) is 0 Å². The summed E-state index contributed by atoms with van der Waals surface area (Å²) in [4.78, 5) is 0. The van der Waals surface area contributed by atoms with Gasteiger partial charge in [0, 0.05) is 36.2 Å². The van der Waals surface area contributed by atoms with Crippen molar-refractivity contribution in [2.75, 3.05) is 5.32 Å². The summed E-state index contributed by atoms with van der Waals surface area (Å²) in [6, 6.07) is 9.88. The molecule has 1 N–H and O–H groups in total. The lowest BCUT2D eigenvalue weighted by Gasteiger charge is -2.04. The first kappa shape index (κ1) is 11.1. The van der Waals surface area contributed by atoms with Gasteiger partial charge in [-0.1, -0.05) is 11.6 Å². The molecule has 0 bridgehead atoms. The zero-order valence-electron chi connectivity index (χ0n) is 9.28. The number of benzene rings is 1. The zero-order valence-corrected chi connectivity index (χ0v) is 10.0. The van der Waals surface area contributed by atoms with Crippen LogP contribution in [0.1, 0.15) is 12.5 Å². The summed E-state index contributed by atoms with van der Waals surface area (Å²) in [6.07, 6.45) is 4.25. The van der Waals surface area contributed by atoms with Crippen LogP contribution in [0.25, 0.3) is 0 Å². The molecule has 84 valence electrons. The molecule has 0 atom stereocenters. The van der Waals surface area contributed by atoms with E-state index in [4.69, 9.17) is 11.6 Å². The fraction of sp³-hybridized carbons (Fsp3) is 0.231. The van der Waals surface area contributed by atoms with Crippen LogP contribution >= 0.6 is 11.6 Å². The zero-order chi connectivity index (χ0) is 11.4. The van der Waals surface area contributed by atoms with E-state index >= 15 is 0 Å². The molecule has 16 heavy (non-hydrogen) atoms. The molecule has 0 aliphatic rings. The van der Waals surface area contributed by atoms with Crippen LogP contribution in [0.4, 0.5) is 5.69 Å². The number of hydrogen-bond acceptors (Lipinski definition) is 1. The van der Waals surface area contributed by atoms with Crippen LogP contribution in [0.15, 0.2) is 42.7 Å². The first-order valence-electron chi connectivity index (χ1n) is 5.42. The van der Waals surface area contributed by atoms with E-state index in [9.17, 15) is 0 Å². The molecule has 0 unspecified atom stereocenters. The third kappa shape index (κ3) is 2.80. The highest BCUT2D eigenvalue weighted by Crippen LogP contribution is 2.14. The Kier molecular flexibility index (Phi) is 3.52. The van der Waals surface area contributed by atoms with E-state index in [2.05, 4.69) is 35.3 Å². The molecule has 0 amide bonds. The van der Waals surface area contributed by atoms with Gasteiger partial charge in [0.1, 0.15) is 0 Å². The van der Waals surface area contributed by atoms with E-state index in [0.29, 0.717) is 0 Å². The number of anilines is 1. The van der Waals surface area contributed by atoms with Crippen molar-refractivity contribution < 1.29 is 0 Å². The average molecular weight is 235 g/mol. The van der Waals surface area contributed by atoms with Gasteiger partial charge in [0.2, 0.25) is 0 Å². The number of hydrogen-bond donors (Lipinski definition) is 1. The van der Waals surface area contributed by atoms with E-state index in [1.165, 1.54) is 5.56 Å². The summed E-state index contributed by atoms with van der Waals surface area (Å²) in [5.74, 6) is 0. The highest BCUT2D eigenvalue weighted by molar-refractivity contribution is 6.30. The Morgan fingerprint density at radius 3 is 2.56 bits per heavy atom. The van der Waals surface area contributed by atoms with Gasteiger partial charge in [-0.25, -0.2) is 0 Å². The molecule has 1 aromatic heterocycles. The summed E-state index contributed by atoms with van der Waals surface area (Å²) in [5, 5.41) is 4.12. The summed E-state index contributed by atoms with van der Waals surface area (Å²) in [5.41, 5.74) is 2.38. The van der Waals surface area contributed by atoms with Crippen LogP contribution in [-0.4, -0.2) is 4.57 Å². The molecule has 2 rings (SSSR count). The number of aromatic nitrogens is 1. The van der Waals surface area contributed by atoms with Crippen LogP contribution in [0.2, 0.25) is 5.02 Å². The normalized spacial score (nSPS) is 10.4. The molecule has 1 aromatic carbocycles. The van der Waals surface area contributed by atoms with Crippen LogP contribution < -0.4 is 5.32 Å². The SMILES string of the molecule is CCn1ccc(CNc2ccc(Cl)cc2)c1. The Bertz CT molecular complexity index is 445. The Morgan fingerprint density at radius 1 is 1.19 bits per heavy atom. The fourth-order valence-electron chi connectivity index (χ4n) is 1.56. The molecule has 2 aromatic rings. The molecular formula is C13H15ClN2. The summed E-state index contributed by atoms with van der Waals surface area (Å²) in [7, 11) is 0. The van der Waals surface area contributed by atoms with Gasteiger partial charge in [-0.05, 0) is 42.8 Å². The molecule has 2 nitrogen and oxygen atoms in total. The van der Waals surface area contributed by atoms with E-state index in [-0.39, 0.29) is 0 Å². The first-order valence-corrected chi connectivity index (χ1v) is 5.80. The van der Waals surface area contributed by atoms with E-state index < -0.39 is 0 Å². The second-order valence-electron chi connectivity index (χ2n) is 3.71. The van der Waals surface area contributed by atoms with E-state index in [1.54, 1.807) is 0 Å². The first-order chi connectivity index (χ1) is 7.78. The Hall–Kier alpha value is -1.41. The number of nitrogens with one attached hydrogen (secondary N) is 1. The number of halogens is 1. The predicted octanol–water partition coefficient (Wildman–Crippen LogP) is 3.77. The third-order valence-corrected chi connectivity index (χ3v) is 2.77. The maximum atomic E-state index is 5.82. The monoisotopic (exact) mass is 234 g/mol. The molecule has 0 saturated carbocycles. The summed E-state index contributed by atoms with van der Waals surface area (Å²) in [6.45, 7) is 3.99. The van der Waals surface area contributed by atoms with Gasteiger partial charge in [-0.3, -0.25) is 0 Å². The van der Waals surface area contributed by atoms with Crippen molar-refractivity contribution in [3.05, 3.63) is 53.3 Å². The van der Waals surface area contributed by atoms with Gasteiger partial charge >= 0.3 is 0 Å². The lowest BCUT2D eigenvalue weighted by molar-refractivity contribution is 0.766. The van der Waals surface area contributed by atoms with E-state index in [0.717, 1.165) is 23.8 Å². The standard InChI is InChI=1S/C13H15ClN2/c1-2-16-8-7-11(10-16)9-15-13-5-3-12(14)4-6-13/h3-8,10,15H,2,9H2,1H3. The van der Waals surface area contributed by atoms with Gasteiger partial charge in [0.15, 0.2) is 0 Å². The molecule has 0 fully saturated rings. The molecule has 0 saturated heterocycles. The van der Waals surface area contributed by atoms with Gasteiger partial charge in [-0.15, -0.1) is 0 Å². The minimum absolute atomic E-state index is 0.766. The smallest absolute Gasteiger partial charge is 0.0415 e. The topological polar surface area (TPSA) is 17.0 Å². The molecule has 0 aliphatic heterocycles. The van der Waals surface area contributed by atoms with Crippen molar-refractivity contribution in [2.24, 2.45) is 0 Å². The molecule has 0 spiro atoms. The molecule has 1 heterocycles. The molecular weight excluding hydrogens is 220 g/mol. The largest absolute Gasteiger partial charge is 0.381 e. The summed E-state index contributed by atoms with van der Waals surface area (Å²) < 4.78 is 2.17. The van der Waals surface area contributed by atoms with Crippen LogP contribution in [0.3, 0.4) is 0 Å². The highest BCUT2D eigenvalue weighted by Gasteiger charge is 1.96. The number of rotatable bonds is 4. The lowest BCUT2D eigenvalue weighted by atomic mass is 10.3. The molecule has 0 aliphatic carbocycles. The van der Waals surface area contributed by atoms with E-state index in [1.807, 2.05) is 24.3 Å². The molecule has 3 heteroatoms. The maximum absolute atomic E-state index is 5.82. The number of aryl methyl sites for hydroxylation is 1. The maximum Gasteiger partial charge on any atom is 0.0415 e. The minimum Gasteiger partial charge on any atom is -0.381 e. The average Bonchev–Trinajstić information content (AvgIpc) is 2.76. The minimum atomic E-state index is 0.766. The quantitative estimate of drug-likeness (QED) is 0.852.